The highest BCUT2D eigenvalue weighted by atomic mass is 35.5. The lowest BCUT2D eigenvalue weighted by atomic mass is 10.2. The topological polar surface area (TPSA) is 82.0 Å². The van der Waals surface area contributed by atoms with Crippen molar-refractivity contribution in [1.82, 2.24) is 4.98 Å². The number of non-ortho nitro benzene ring substituents is 1. The smallest absolute Gasteiger partial charge is 0.269 e. The van der Waals surface area contributed by atoms with Gasteiger partial charge >= 0.3 is 0 Å². The number of thiazole rings is 1. The zero-order valence-corrected chi connectivity index (χ0v) is 11.0. The predicted octanol–water partition coefficient (Wildman–Crippen LogP) is 2.64. The summed E-state index contributed by atoms with van der Waals surface area (Å²) in [4.78, 5) is 15.4. The third kappa shape index (κ3) is 3.25. The Morgan fingerprint density at radius 3 is 2.56 bits per heavy atom. The number of nitrogens with zero attached hydrogens (tertiary/aromatic N) is 2. The zero-order valence-electron chi connectivity index (χ0n) is 9.41. The molecule has 18 heavy (non-hydrogen) atoms. The molecule has 2 rings (SSSR count). The van der Waals surface area contributed by atoms with E-state index in [1.807, 2.05) is 0 Å². The fourth-order valence-electron chi connectivity index (χ4n) is 1.43. The summed E-state index contributed by atoms with van der Waals surface area (Å²) in [7, 11) is 0. The first kappa shape index (κ1) is 14.6. The van der Waals surface area contributed by atoms with Gasteiger partial charge in [-0.05, 0) is 24.2 Å². The maximum atomic E-state index is 10.5. The molecular weight excluding hydrogens is 274 g/mol. The van der Waals surface area contributed by atoms with Crippen molar-refractivity contribution < 1.29 is 4.92 Å². The molecule has 0 atom stereocenters. The normalized spacial score (nSPS) is 9.83. The predicted molar refractivity (Wildman–Crippen MR) is 74.2 cm³/mol. The number of nitro benzene ring substituents is 1. The average molecular weight is 286 g/mol. The first-order valence-electron chi connectivity index (χ1n) is 5.10. The van der Waals surface area contributed by atoms with Crippen LogP contribution in [-0.4, -0.2) is 16.5 Å². The van der Waals surface area contributed by atoms with Gasteiger partial charge in [0.05, 0.1) is 14.8 Å². The molecule has 7 heteroatoms. The Kier molecular flexibility index (Phi) is 5.21. The fourth-order valence-corrected chi connectivity index (χ4v) is 2.37. The molecule has 1 heterocycles. The van der Waals surface area contributed by atoms with Gasteiger partial charge in [0.15, 0.2) is 0 Å². The van der Waals surface area contributed by atoms with Gasteiger partial charge < -0.3 is 5.73 Å². The van der Waals surface area contributed by atoms with Gasteiger partial charge in [-0.3, -0.25) is 10.1 Å². The molecule has 2 N–H and O–H groups in total. The molecule has 0 unspecified atom stereocenters. The SMILES string of the molecule is Cl.NCCc1ncc(-c2ccc([N+](=O)[O-])cc2)s1. The second kappa shape index (κ2) is 6.44. The van der Waals surface area contributed by atoms with Crippen molar-refractivity contribution in [2.24, 2.45) is 5.73 Å². The maximum absolute atomic E-state index is 10.5. The van der Waals surface area contributed by atoms with E-state index in [0.29, 0.717) is 6.54 Å². The first-order chi connectivity index (χ1) is 8.20. The number of aromatic nitrogens is 1. The van der Waals surface area contributed by atoms with Crippen LogP contribution in [0.1, 0.15) is 5.01 Å². The summed E-state index contributed by atoms with van der Waals surface area (Å²) in [6.45, 7) is 0.577. The van der Waals surface area contributed by atoms with Crippen molar-refractivity contribution in [3.63, 3.8) is 0 Å². The van der Waals surface area contributed by atoms with Crippen LogP contribution in [0.15, 0.2) is 30.5 Å². The van der Waals surface area contributed by atoms with Gasteiger partial charge in [0.2, 0.25) is 0 Å². The number of rotatable bonds is 4. The molecule has 5 nitrogen and oxygen atoms in total. The highest BCUT2D eigenvalue weighted by Gasteiger charge is 2.07. The Morgan fingerprint density at radius 2 is 2.00 bits per heavy atom. The highest BCUT2D eigenvalue weighted by molar-refractivity contribution is 7.15. The van der Waals surface area contributed by atoms with E-state index in [-0.39, 0.29) is 18.1 Å². The molecular formula is C11H12ClN3O2S. The van der Waals surface area contributed by atoms with Crippen LogP contribution < -0.4 is 5.73 Å². The summed E-state index contributed by atoms with van der Waals surface area (Å²) < 4.78 is 0. The van der Waals surface area contributed by atoms with Crippen molar-refractivity contribution in [2.75, 3.05) is 6.54 Å². The van der Waals surface area contributed by atoms with E-state index in [1.165, 1.54) is 12.1 Å². The van der Waals surface area contributed by atoms with Gasteiger partial charge in [-0.15, -0.1) is 23.7 Å². The van der Waals surface area contributed by atoms with E-state index in [9.17, 15) is 10.1 Å². The second-order valence-electron chi connectivity index (χ2n) is 3.46. The van der Waals surface area contributed by atoms with Crippen molar-refractivity contribution in [3.05, 3.63) is 45.6 Å². The summed E-state index contributed by atoms with van der Waals surface area (Å²) >= 11 is 1.56. The van der Waals surface area contributed by atoms with Gasteiger partial charge in [-0.25, -0.2) is 4.98 Å². The van der Waals surface area contributed by atoms with E-state index >= 15 is 0 Å². The lowest BCUT2D eigenvalue weighted by Crippen LogP contribution is -2.01. The first-order valence-corrected chi connectivity index (χ1v) is 5.92. The van der Waals surface area contributed by atoms with Gasteiger partial charge in [0.25, 0.3) is 5.69 Å². The standard InChI is InChI=1S/C11H11N3O2S.ClH/c12-6-5-11-13-7-10(17-11)8-1-3-9(4-2-8)14(15)16;/h1-4,7H,5-6,12H2;1H. The molecule has 0 spiro atoms. The van der Waals surface area contributed by atoms with Crippen LogP contribution in [0.2, 0.25) is 0 Å². The highest BCUT2D eigenvalue weighted by Crippen LogP contribution is 2.27. The van der Waals surface area contributed by atoms with Crippen LogP contribution in [0.5, 0.6) is 0 Å². The van der Waals surface area contributed by atoms with E-state index in [0.717, 1.165) is 21.9 Å². The fraction of sp³-hybridized carbons (Fsp3) is 0.182. The van der Waals surface area contributed by atoms with Crippen LogP contribution in [0, 0.1) is 10.1 Å². The minimum atomic E-state index is -0.406. The molecule has 0 amide bonds. The Morgan fingerprint density at radius 1 is 1.33 bits per heavy atom. The molecule has 0 saturated heterocycles. The summed E-state index contributed by atoms with van der Waals surface area (Å²) in [5.74, 6) is 0. The summed E-state index contributed by atoms with van der Waals surface area (Å²) in [5, 5.41) is 11.5. The second-order valence-corrected chi connectivity index (χ2v) is 4.58. The molecule has 96 valence electrons. The number of hydrogen-bond donors (Lipinski definition) is 1. The van der Waals surface area contributed by atoms with Crippen LogP contribution in [0.4, 0.5) is 5.69 Å². The minimum Gasteiger partial charge on any atom is -0.330 e. The number of hydrogen-bond acceptors (Lipinski definition) is 5. The van der Waals surface area contributed by atoms with Gasteiger partial charge in [-0.2, -0.15) is 0 Å². The van der Waals surface area contributed by atoms with E-state index in [4.69, 9.17) is 5.73 Å². The summed E-state index contributed by atoms with van der Waals surface area (Å²) in [5.41, 5.74) is 6.49. The lowest BCUT2D eigenvalue weighted by Gasteiger charge is -1.95. The van der Waals surface area contributed by atoms with Crippen molar-refractivity contribution >= 4 is 29.4 Å². The molecule has 0 bridgehead atoms. The monoisotopic (exact) mass is 285 g/mol. The van der Waals surface area contributed by atoms with E-state index < -0.39 is 4.92 Å². The summed E-state index contributed by atoms with van der Waals surface area (Å²) in [6.07, 6.45) is 2.54. The minimum absolute atomic E-state index is 0. The lowest BCUT2D eigenvalue weighted by molar-refractivity contribution is -0.384. The Labute approximate surface area is 114 Å². The van der Waals surface area contributed by atoms with Crippen LogP contribution in [0.25, 0.3) is 10.4 Å². The number of nitrogens with two attached hydrogens (primary N) is 1. The van der Waals surface area contributed by atoms with Crippen LogP contribution in [0.3, 0.4) is 0 Å². The van der Waals surface area contributed by atoms with Crippen LogP contribution >= 0.6 is 23.7 Å². The number of halogens is 1. The van der Waals surface area contributed by atoms with Gasteiger partial charge in [0.1, 0.15) is 0 Å². The Hall–Kier alpha value is -1.50. The molecule has 0 aliphatic rings. The number of benzene rings is 1. The molecule has 0 radical (unpaired) electrons. The average Bonchev–Trinajstić information content (AvgIpc) is 2.78. The van der Waals surface area contributed by atoms with Crippen molar-refractivity contribution in [2.45, 2.75) is 6.42 Å². The van der Waals surface area contributed by atoms with Gasteiger partial charge in [0, 0.05) is 24.8 Å². The van der Waals surface area contributed by atoms with E-state index in [2.05, 4.69) is 4.98 Å². The molecule has 0 saturated carbocycles. The molecule has 0 fully saturated rings. The molecule has 0 aliphatic carbocycles. The third-order valence-corrected chi connectivity index (χ3v) is 3.38. The maximum Gasteiger partial charge on any atom is 0.269 e. The molecule has 1 aromatic heterocycles. The Bertz CT molecular complexity index is 527. The van der Waals surface area contributed by atoms with Gasteiger partial charge in [-0.1, -0.05) is 0 Å². The Balaban J connectivity index is 0.00000162. The van der Waals surface area contributed by atoms with Crippen LogP contribution in [-0.2, 0) is 6.42 Å². The summed E-state index contributed by atoms with van der Waals surface area (Å²) in [6, 6.07) is 6.46. The zero-order chi connectivity index (χ0) is 12.3. The third-order valence-electron chi connectivity index (χ3n) is 2.27. The van der Waals surface area contributed by atoms with Crippen molar-refractivity contribution in [3.8, 4) is 10.4 Å². The molecule has 2 aromatic rings. The number of nitro groups is 1. The quantitative estimate of drug-likeness (QED) is 0.691. The molecule has 1 aromatic carbocycles. The van der Waals surface area contributed by atoms with E-state index in [1.54, 1.807) is 29.7 Å². The largest absolute Gasteiger partial charge is 0.330 e. The molecule has 0 aliphatic heterocycles. The van der Waals surface area contributed by atoms with Crippen molar-refractivity contribution in [1.29, 1.82) is 0 Å².